The molecule has 2 amide bonds. The van der Waals surface area contributed by atoms with Gasteiger partial charge in [0.15, 0.2) is 0 Å². The van der Waals surface area contributed by atoms with Crippen LogP contribution < -0.4 is 5.32 Å². The van der Waals surface area contributed by atoms with Crippen molar-refractivity contribution < 1.29 is 9.59 Å². The summed E-state index contributed by atoms with van der Waals surface area (Å²) in [5.74, 6) is -1.36. The number of nitrogens with zero attached hydrogens (tertiary/aromatic N) is 3. The maximum absolute atomic E-state index is 12.6. The number of pyridine rings is 1. The Morgan fingerprint density at radius 3 is 2.81 bits per heavy atom. The summed E-state index contributed by atoms with van der Waals surface area (Å²) in [7, 11) is 0. The van der Waals surface area contributed by atoms with Gasteiger partial charge in [-0.1, -0.05) is 12.1 Å². The molecule has 0 fully saturated rings. The molecular formula is C20H20N4O2. The molecule has 2 aromatic rings. The van der Waals surface area contributed by atoms with E-state index in [0.717, 1.165) is 19.3 Å². The summed E-state index contributed by atoms with van der Waals surface area (Å²) in [6.07, 6.45) is 4.98. The Bertz CT molecular complexity index is 843. The second-order valence-corrected chi connectivity index (χ2v) is 6.25. The van der Waals surface area contributed by atoms with Crippen LogP contribution in [0.15, 0.2) is 42.6 Å². The molecule has 6 nitrogen and oxygen atoms in total. The molecule has 1 aliphatic carbocycles. The lowest BCUT2D eigenvalue weighted by molar-refractivity contribution is -0.143. The number of hydrogen-bond acceptors (Lipinski definition) is 4. The van der Waals surface area contributed by atoms with Crippen LogP contribution in [0.3, 0.4) is 0 Å². The van der Waals surface area contributed by atoms with E-state index in [0.29, 0.717) is 11.4 Å². The van der Waals surface area contributed by atoms with Crippen LogP contribution in [0, 0.1) is 11.3 Å². The van der Waals surface area contributed by atoms with Crippen LogP contribution in [-0.4, -0.2) is 28.2 Å². The number of nitrogens with one attached hydrogen (secondary N) is 1. The summed E-state index contributed by atoms with van der Waals surface area (Å²) >= 11 is 0. The zero-order chi connectivity index (χ0) is 18.4. The molecule has 0 saturated carbocycles. The standard InChI is InChI=1S/C20H20N4O2/c21-10-4-12-24(14-18-7-1-2-11-22-18)20(26)19(25)23-17-9-8-15-5-3-6-16(15)13-17/h1-2,7-9,11,13H,3-6,12,14H2,(H,23,25). The Balaban J connectivity index is 1.69. The maximum atomic E-state index is 12.6. The summed E-state index contributed by atoms with van der Waals surface area (Å²) in [4.78, 5) is 30.5. The van der Waals surface area contributed by atoms with E-state index in [1.165, 1.54) is 16.0 Å². The minimum atomic E-state index is -0.697. The number of hydrogen-bond donors (Lipinski definition) is 1. The van der Waals surface area contributed by atoms with E-state index in [9.17, 15) is 9.59 Å². The topological polar surface area (TPSA) is 86.1 Å². The van der Waals surface area contributed by atoms with Gasteiger partial charge in [0.1, 0.15) is 0 Å². The quantitative estimate of drug-likeness (QED) is 0.841. The number of amides is 2. The highest BCUT2D eigenvalue weighted by atomic mass is 16.2. The highest BCUT2D eigenvalue weighted by molar-refractivity contribution is 6.39. The van der Waals surface area contributed by atoms with Crippen molar-refractivity contribution in [1.82, 2.24) is 9.88 Å². The fourth-order valence-electron chi connectivity index (χ4n) is 3.10. The van der Waals surface area contributed by atoms with Gasteiger partial charge in [0.25, 0.3) is 0 Å². The zero-order valence-electron chi connectivity index (χ0n) is 14.4. The van der Waals surface area contributed by atoms with Gasteiger partial charge in [-0.15, -0.1) is 0 Å². The molecule has 0 atom stereocenters. The first-order valence-electron chi connectivity index (χ1n) is 8.66. The molecule has 1 aromatic carbocycles. The molecule has 0 radical (unpaired) electrons. The third kappa shape index (κ3) is 4.25. The van der Waals surface area contributed by atoms with E-state index in [2.05, 4.69) is 10.3 Å². The summed E-state index contributed by atoms with van der Waals surface area (Å²) < 4.78 is 0. The first-order chi connectivity index (χ1) is 12.7. The van der Waals surface area contributed by atoms with Gasteiger partial charge >= 0.3 is 11.8 Å². The molecule has 26 heavy (non-hydrogen) atoms. The molecule has 0 bridgehead atoms. The van der Waals surface area contributed by atoms with Gasteiger partial charge in [-0.2, -0.15) is 5.26 Å². The fourth-order valence-corrected chi connectivity index (χ4v) is 3.10. The molecular weight excluding hydrogens is 328 g/mol. The Morgan fingerprint density at radius 1 is 1.19 bits per heavy atom. The lowest BCUT2D eigenvalue weighted by Gasteiger charge is -2.20. The molecule has 0 aliphatic heterocycles. The van der Waals surface area contributed by atoms with Crippen LogP contribution >= 0.6 is 0 Å². The first-order valence-corrected chi connectivity index (χ1v) is 8.66. The molecule has 0 saturated heterocycles. The van der Waals surface area contributed by atoms with Crippen LogP contribution in [0.4, 0.5) is 5.69 Å². The average molecular weight is 348 g/mol. The van der Waals surface area contributed by atoms with Crippen molar-refractivity contribution in [2.24, 2.45) is 0 Å². The minimum Gasteiger partial charge on any atom is -0.328 e. The Morgan fingerprint density at radius 2 is 2.04 bits per heavy atom. The summed E-state index contributed by atoms with van der Waals surface area (Å²) in [5.41, 5.74) is 3.83. The molecule has 3 rings (SSSR count). The van der Waals surface area contributed by atoms with E-state index >= 15 is 0 Å². The number of aryl methyl sites for hydroxylation is 2. The summed E-state index contributed by atoms with van der Waals surface area (Å²) in [5, 5.41) is 11.5. The van der Waals surface area contributed by atoms with Gasteiger partial charge in [0, 0.05) is 18.4 Å². The van der Waals surface area contributed by atoms with Gasteiger partial charge in [-0.3, -0.25) is 14.6 Å². The lowest BCUT2D eigenvalue weighted by Crippen LogP contribution is -2.40. The normalized spacial score (nSPS) is 12.1. The molecule has 0 unspecified atom stereocenters. The average Bonchev–Trinajstić information content (AvgIpc) is 3.13. The van der Waals surface area contributed by atoms with Crippen LogP contribution in [0.1, 0.15) is 29.7 Å². The van der Waals surface area contributed by atoms with Crippen LogP contribution in [0.5, 0.6) is 0 Å². The van der Waals surface area contributed by atoms with Crippen LogP contribution in [0.25, 0.3) is 0 Å². The minimum absolute atomic E-state index is 0.157. The molecule has 6 heteroatoms. The van der Waals surface area contributed by atoms with E-state index < -0.39 is 11.8 Å². The fraction of sp³-hybridized carbons (Fsp3) is 0.300. The number of benzene rings is 1. The number of carbonyl (C=O) groups is 2. The molecule has 1 N–H and O–H groups in total. The molecule has 1 heterocycles. The van der Waals surface area contributed by atoms with E-state index in [1.54, 1.807) is 18.3 Å². The van der Waals surface area contributed by atoms with Crippen LogP contribution in [0.2, 0.25) is 0 Å². The molecule has 132 valence electrons. The smallest absolute Gasteiger partial charge is 0.313 e. The Labute approximate surface area is 152 Å². The zero-order valence-corrected chi connectivity index (χ0v) is 14.4. The molecule has 1 aliphatic rings. The summed E-state index contributed by atoms with van der Waals surface area (Å²) in [6, 6.07) is 13.2. The van der Waals surface area contributed by atoms with Crippen LogP contribution in [-0.2, 0) is 29.0 Å². The highest BCUT2D eigenvalue weighted by Crippen LogP contribution is 2.24. The van der Waals surface area contributed by atoms with E-state index in [-0.39, 0.29) is 19.5 Å². The maximum Gasteiger partial charge on any atom is 0.313 e. The van der Waals surface area contributed by atoms with Crippen molar-refractivity contribution >= 4 is 17.5 Å². The van der Waals surface area contributed by atoms with E-state index in [1.807, 2.05) is 30.3 Å². The van der Waals surface area contributed by atoms with Gasteiger partial charge in [0.2, 0.25) is 0 Å². The summed E-state index contributed by atoms with van der Waals surface area (Å²) in [6.45, 7) is 0.377. The third-order valence-corrected chi connectivity index (χ3v) is 4.41. The number of anilines is 1. The number of rotatable bonds is 5. The van der Waals surface area contributed by atoms with Crippen molar-refractivity contribution in [1.29, 1.82) is 5.26 Å². The van der Waals surface area contributed by atoms with Gasteiger partial charge in [-0.25, -0.2) is 0 Å². The first kappa shape index (κ1) is 17.6. The number of aromatic nitrogens is 1. The lowest BCUT2D eigenvalue weighted by atomic mass is 10.1. The second-order valence-electron chi connectivity index (χ2n) is 6.25. The highest BCUT2D eigenvalue weighted by Gasteiger charge is 2.23. The number of carbonyl (C=O) groups excluding carboxylic acids is 2. The third-order valence-electron chi connectivity index (χ3n) is 4.41. The van der Waals surface area contributed by atoms with Crippen molar-refractivity contribution in [2.45, 2.75) is 32.2 Å². The van der Waals surface area contributed by atoms with Crippen molar-refractivity contribution in [3.05, 3.63) is 59.4 Å². The second kappa shape index (κ2) is 8.26. The predicted molar refractivity (Wildman–Crippen MR) is 97.0 cm³/mol. The van der Waals surface area contributed by atoms with Gasteiger partial charge in [0.05, 0.1) is 24.7 Å². The van der Waals surface area contributed by atoms with E-state index in [4.69, 9.17) is 5.26 Å². The van der Waals surface area contributed by atoms with Gasteiger partial charge in [-0.05, 0) is 54.7 Å². The Hall–Kier alpha value is -3.20. The molecule has 1 aromatic heterocycles. The van der Waals surface area contributed by atoms with Crippen molar-refractivity contribution in [2.75, 3.05) is 11.9 Å². The SMILES string of the molecule is N#CCCN(Cc1ccccn1)C(=O)C(=O)Nc1ccc2c(c1)CCC2. The number of nitriles is 1. The van der Waals surface area contributed by atoms with Crippen molar-refractivity contribution in [3.63, 3.8) is 0 Å². The monoisotopic (exact) mass is 348 g/mol. The Kier molecular flexibility index (Phi) is 5.59. The largest absolute Gasteiger partial charge is 0.328 e. The number of fused-ring (bicyclic) bond motifs is 1. The molecule has 0 spiro atoms. The van der Waals surface area contributed by atoms with Crippen molar-refractivity contribution in [3.8, 4) is 6.07 Å². The predicted octanol–water partition coefficient (Wildman–Crippen LogP) is 2.45. The van der Waals surface area contributed by atoms with Gasteiger partial charge < -0.3 is 10.2 Å².